The summed E-state index contributed by atoms with van der Waals surface area (Å²) in [6, 6.07) is 8.53. The molecular formula is C24H36N2O2. The first-order valence-electron chi connectivity index (χ1n) is 11.1. The van der Waals surface area contributed by atoms with E-state index in [1.807, 2.05) is 0 Å². The van der Waals surface area contributed by atoms with Crippen LogP contribution >= 0.6 is 0 Å². The van der Waals surface area contributed by atoms with E-state index in [0.717, 1.165) is 51.5 Å². The van der Waals surface area contributed by atoms with E-state index >= 15 is 0 Å². The Labute approximate surface area is 169 Å². The van der Waals surface area contributed by atoms with Crippen LogP contribution in [0.1, 0.15) is 64.4 Å². The fourth-order valence-electron chi connectivity index (χ4n) is 5.19. The number of nitrogens with zero attached hydrogens (tertiary/aromatic N) is 1. The molecule has 154 valence electrons. The fourth-order valence-corrected chi connectivity index (χ4v) is 5.19. The topological polar surface area (TPSA) is 63.4 Å². The van der Waals surface area contributed by atoms with Gasteiger partial charge in [0.15, 0.2) is 5.78 Å². The number of hydrogen-bond donors (Lipinski definition) is 1. The number of para-hydroxylation sites is 1. The number of nitrogens with two attached hydrogens (primary N) is 1. The summed E-state index contributed by atoms with van der Waals surface area (Å²) >= 11 is 0. The Hall–Kier alpha value is -1.84. The van der Waals surface area contributed by atoms with Crippen molar-refractivity contribution in [2.75, 3.05) is 18.0 Å². The second kappa shape index (κ2) is 9.58. The molecule has 0 spiro atoms. The molecule has 1 aliphatic carbocycles. The number of rotatable bonds is 7. The number of aryl methyl sites for hydroxylation is 1. The number of benzene rings is 1. The Kier molecular flexibility index (Phi) is 7.14. The minimum absolute atomic E-state index is 0.0394. The lowest BCUT2D eigenvalue weighted by atomic mass is 9.71. The Bertz CT molecular complexity index is 685. The highest BCUT2D eigenvalue weighted by Crippen LogP contribution is 2.37. The number of fused-ring (bicyclic) bond motifs is 1. The highest BCUT2D eigenvalue weighted by Gasteiger charge is 2.35. The van der Waals surface area contributed by atoms with Gasteiger partial charge in [0.25, 0.3) is 0 Å². The average molecular weight is 385 g/mol. The molecular weight excluding hydrogens is 348 g/mol. The fraction of sp³-hybridized carbons (Fsp3) is 0.667. The van der Waals surface area contributed by atoms with Gasteiger partial charge in [-0.1, -0.05) is 38.5 Å². The quantitative estimate of drug-likeness (QED) is 0.760. The molecule has 2 aliphatic rings. The molecule has 28 heavy (non-hydrogen) atoms. The van der Waals surface area contributed by atoms with Crippen molar-refractivity contribution in [2.45, 2.75) is 65.2 Å². The summed E-state index contributed by atoms with van der Waals surface area (Å²) in [5, 5.41) is 0. The first kappa shape index (κ1) is 20.9. The van der Waals surface area contributed by atoms with E-state index in [0.29, 0.717) is 24.2 Å². The summed E-state index contributed by atoms with van der Waals surface area (Å²) in [6.07, 6.45) is 8.03. The van der Waals surface area contributed by atoms with E-state index in [1.54, 1.807) is 0 Å². The van der Waals surface area contributed by atoms with Gasteiger partial charge < -0.3 is 10.6 Å². The van der Waals surface area contributed by atoms with Gasteiger partial charge >= 0.3 is 0 Å². The highest BCUT2D eigenvalue weighted by molar-refractivity contribution is 5.86. The van der Waals surface area contributed by atoms with Gasteiger partial charge in [0.05, 0.1) is 6.54 Å². The molecule has 0 aromatic heterocycles. The van der Waals surface area contributed by atoms with Crippen LogP contribution < -0.4 is 10.6 Å². The first-order valence-corrected chi connectivity index (χ1v) is 11.1. The Morgan fingerprint density at radius 3 is 2.68 bits per heavy atom. The molecule has 4 nitrogen and oxygen atoms in total. The van der Waals surface area contributed by atoms with Crippen molar-refractivity contribution in [3.05, 3.63) is 29.8 Å². The minimum atomic E-state index is -0.193. The molecule has 0 bridgehead atoms. The van der Waals surface area contributed by atoms with Crippen molar-refractivity contribution < 1.29 is 9.59 Å². The van der Waals surface area contributed by atoms with Crippen molar-refractivity contribution in [3.63, 3.8) is 0 Å². The number of carbonyl (C=O) groups is 2. The van der Waals surface area contributed by atoms with Gasteiger partial charge in [-0.15, -0.1) is 0 Å². The maximum absolute atomic E-state index is 13.5. The van der Waals surface area contributed by atoms with Gasteiger partial charge in [-0.3, -0.25) is 9.59 Å². The van der Waals surface area contributed by atoms with Crippen molar-refractivity contribution in [3.8, 4) is 0 Å². The summed E-state index contributed by atoms with van der Waals surface area (Å²) < 4.78 is 0. The first-order chi connectivity index (χ1) is 13.5. The van der Waals surface area contributed by atoms with Gasteiger partial charge in [0.1, 0.15) is 0 Å². The smallest absolute Gasteiger partial charge is 0.220 e. The molecule has 0 radical (unpaired) electrons. The summed E-state index contributed by atoms with van der Waals surface area (Å²) in [4.78, 5) is 27.5. The second-order valence-electron chi connectivity index (χ2n) is 9.24. The lowest BCUT2D eigenvalue weighted by molar-refractivity contribution is -0.127. The Morgan fingerprint density at radius 2 is 1.93 bits per heavy atom. The third-order valence-electron chi connectivity index (χ3n) is 6.63. The molecule has 4 heteroatoms. The minimum Gasteiger partial charge on any atom is -0.369 e. The largest absolute Gasteiger partial charge is 0.369 e. The Morgan fingerprint density at radius 1 is 1.14 bits per heavy atom. The predicted octanol–water partition coefficient (Wildman–Crippen LogP) is 4.35. The zero-order chi connectivity index (χ0) is 20.1. The molecule has 0 saturated heterocycles. The average Bonchev–Trinajstić information content (AvgIpc) is 2.88. The van der Waals surface area contributed by atoms with Gasteiger partial charge in [0.2, 0.25) is 5.91 Å². The number of ketones is 1. The SMILES string of the molecule is CC(C)C[C@H](C(=O)CN1CCCCc2ccccc21)C1CCCC(C(N)=O)C1. The summed E-state index contributed by atoms with van der Waals surface area (Å²) in [7, 11) is 0. The lowest BCUT2D eigenvalue weighted by Crippen LogP contribution is -2.39. The number of carbonyl (C=O) groups excluding carboxylic acids is 2. The van der Waals surface area contributed by atoms with Gasteiger partial charge in [0, 0.05) is 24.1 Å². The van der Waals surface area contributed by atoms with Crippen LogP contribution in [-0.4, -0.2) is 24.8 Å². The van der Waals surface area contributed by atoms with Crippen LogP contribution in [0.4, 0.5) is 5.69 Å². The van der Waals surface area contributed by atoms with Crippen molar-refractivity contribution in [1.82, 2.24) is 0 Å². The maximum Gasteiger partial charge on any atom is 0.220 e. The molecule has 2 N–H and O–H groups in total. The molecule has 3 rings (SSSR count). The molecule has 1 aliphatic heterocycles. The summed E-state index contributed by atoms with van der Waals surface area (Å²) in [5.74, 6) is 0.905. The normalized spacial score (nSPS) is 23.8. The molecule has 1 aromatic carbocycles. The summed E-state index contributed by atoms with van der Waals surface area (Å²) in [6.45, 7) is 5.82. The van der Waals surface area contributed by atoms with Crippen molar-refractivity contribution >= 4 is 17.4 Å². The molecule has 1 heterocycles. The van der Waals surface area contributed by atoms with Gasteiger partial charge in [-0.25, -0.2) is 0 Å². The lowest BCUT2D eigenvalue weighted by Gasteiger charge is -2.35. The van der Waals surface area contributed by atoms with Crippen LogP contribution in [0.25, 0.3) is 0 Å². The number of anilines is 1. The third kappa shape index (κ3) is 5.15. The maximum atomic E-state index is 13.5. The molecule has 1 saturated carbocycles. The van der Waals surface area contributed by atoms with E-state index in [4.69, 9.17) is 5.73 Å². The van der Waals surface area contributed by atoms with Gasteiger partial charge in [-0.05, 0) is 68.4 Å². The van der Waals surface area contributed by atoms with E-state index in [1.165, 1.54) is 17.7 Å². The number of Topliss-reactive ketones (excluding diaryl/α,β-unsaturated/α-hetero) is 1. The Balaban J connectivity index is 1.75. The van der Waals surface area contributed by atoms with Crippen LogP contribution in [-0.2, 0) is 16.0 Å². The van der Waals surface area contributed by atoms with Gasteiger partial charge in [-0.2, -0.15) is 0 Å². The molecule has 3 atom stereocenters. The second-order valence-corrected chi connectivity index (χ2v) is 9.24. The zero-order valence-electron chi connectivity index (χ0n) is 17.5. The number of hydrogen-bond acceptors (Lipinski definition) is 3. The van der Waals surface area contributed by atoms with Crippen LogP contribution in [0, 0.1) is 23.7 Å². The predicted molar refractivity (Wildman–Crippen MR) is 114 cm³/mol. The number of primary amides is 1. The third-order valence-corrected chi connectivity index (χ3v) is 6.63. The zero-order valence-corrected chi connectivity index (χ0v) is 17.5. The van der Waals surface area contributed by atoms with Crippen LogP contribution in [0.3, 0.4) is 0 Å². The van der Waals surface area contributed by atoms with Crippen LogP contribution in [0.15, 0.2) is 24.3 Å². The van der Waals surface area contributed by atoms with E-state index in [2.05, 4.69) is 43.0 Å². The van der Waals surface area contributed by atoms with Crippen LogP contribution in [0.5, 0.6) is 0 Å². The molecule has 1 fully saturated rings. The molecule has 2 unspecified atom stereocenters. The molecule has 1 aromatic rings. The standard InChI is InChI=1S/C24H36N2O2/c1-17(2)14-21(19-10-7-11-20(15-19)24(25)28)23(27)16-26-13-6-5-9-18-8-3-4-12-22(18)26/h3-4,8,12,17,19-21H,5-7,9-11,13-16H2,1-2H3,(H2,25,28)/t19?,20?,21-/m0/s1. The highest BCUT2D eigenvalue weighted by atomic mass is 16.1. The van der Waals surface area contributed by atoms with Crippen molar-refractivity contribution in [1.29, 1.82) is 0 Å². The molecule has 1 amide bonds. The monoisotopic (exact) mass is 384 g/mol. The van der Waals surface area contributed by atoms with E-state index in [-0.39, 0.29) is 17.7 Å². The van der Waals surface area contributed by atoms with E-state index < -0.39 is 0 Å². The van der Waals surface area contributed by atoms with Crippen molar-refractivity contribution in [2.24, 2.45) is 29.4 Å². The van der Waals surface area contributed by atoms with E-state index in [9.17, 15) is 9.59 Å². The number of amides is 1. The summed E-state index contributed by atoms with van der Waals surface area (Å²) in [5.41, 5.74) is 8.19. The van der Waals surface area contributed by atoms with Crippen LogP contribution in [0.2, 0.25) is 0 Å².